The Balaban J connectivity index is 2.49. The lowest BCUT2D eigenvalue weighted by Crippen LogP contribution is -2.04. The van der Waals surface area contributed by atoms with Crippen LogP contribution in [0.1, 0.15) is 0 Å². The molecule has 0 saturated carbocycles. The summed E-state index contributed by atoms with van der Waals surface area (Å²) in [6, 6.07) is 5.51. The summed E-state index contributed by atoms with van der Waals surface area (Å²) in [5.74, 6) is 0. The molecule has 4 nitrogen and oxygen atoms in total. The number of H-pyrrole nitrogens is 1. The van der Waals surface area contributed by atoms with Crippen molar-refractivity contribution in [2.75, 3.05) is 0 Å². The molecule has 5 heteroatoms. The molecule has 2 rings (SSSR count). The lowest BCUT2D eigenvalue weighted by atomic mass is 10.3. The Hall–Kier alpha value is -1.49. The van der Waals surface area contributed by atoms with Crippen molar-refractivity contribution < 1.29 is 0 Å². The van der Waals surface area contributed by atoms with Gasteiger partial charge in [0, 0.05) is 6.20 Å². The number of rotatable bonds is 1. The fourth-order valence-electron chi connectivity index (χ4n) is 1.03. The first-order valence-corrected chi connectivity index (χ1v) is 4.73. The van der Waals surface area contributed by atoms with Gasteiger partial charge in [0.05, 0.1) is 11.9 Å². The van der Waals surface area contributed by atoms with Crippen LogP contribution in [-0.2, 0) is 0 Å². The standard InChI is InChI=1S/C9H6BrN3O/c10-8-3-1-2-6(13-8)7-4-12-9(14)5-11-7/h1-5H,(H,12,14). The van der Waals surface area contributed by atoms with Crippen molar-refractivity contribution in [2.24, 2.45) is 0 Å². The number of nitrogens with zero attached hydrogens (tertiary/aromatic N) is 2. The van der Waals surface area contributed by atoms with Crippen LogP contribution in [0.15, 0.2) is 40.0 Å². The molecule has 0 bridgehead atoms. The minimum absolute atomic E-state index is 0.219. The minimum Gasteiger partial charge on any atom is -0.326 e. The number of aromatic nitrogens is 3. The first-order chi connectivity index (χ1) is 6.75. The summed E-state index contributed by atoms with van der Waals surface area (Å²) in [5, 5.41) is 0. The zero-order chi connectivity index (χ0) is 9.97. The monoisotopic (exact) mass is 251 g/mol. The van der Waals surface area contributed by atoms with Gasteiger partial charge in [-0.25, -0.2) is 9.97 Å². The average Bonchev–Trinajstić information content (AvgIpc) is 2.19. The highest BCUT2D eigenvalue weighted by molar-refractivity contribution is 9.10. The van der Waals surface area contributed by atoms with E-state index >= 15 is 0 Å². The summed E-state index contributed by atoms with van der Waals surface area (Å²) in [7, 11) is 0. The maximum atomic E-state index is 10.8. The van der Waals surface area contributed by atoms with Crippen LogP contribution < -0.4 is 5.56 Å². The molecular formula is C9H6BrN3O. The molecule has 0 fully saturated rings. The second-order valence-corrected chi connectivity index (χ2v) is 3.45. The van der Waals surface area contributed by atoms with E-state index in [0.29, 0.717) is 5.69 Å². The van der Waals surface area contributed by atoms with Gasteiger partial charge < -0.3 is 4.98 Å². The van der Waals surface area contributed by atoms with Crippen LogP contribution >= 0.6 is 15.9 Å². The minimum atomic E-state index is -0.219. The van der Waals surface area contributed by atoms with E-state index in [9.17, 15) is 4.79 Å². The average molecular weight is 252 g/mol. The van der Waals surface area contributed by atoms with Crippen LogP contribution in [0.3, 0.4) is 0 Å². The predicted molar refractivity (Wildman–Crippen MR) is 55.8 cm³/mol. The largest absolute Gasteiger partial charge is 0.326 e. The van der Waals surface area contributed by atoms with Gasteiger partial charge in [0.15, 0.2) is 0 Å². The Bertz CT molecular complexity index is 489. The highest BCUT2D eigenvalue weighted by Crippen LogP contribution is 2.14. The second-order valence-electron chi connectivity index (χ2n) is 2.64. The lowest BCUT2D eigenvalue weighted by Gasteiger charge is -1.98. The summed E-state index contributed by atoms with van der Waals surface area (Å²) in [6.07, 6.45) is 2.77. The van der Waals surface area contributed by atoms with Gasteiger partial charge in [-0.3, -0.25) is 4.79 Å². The fraction of sp³-hybridized carbons (Fsp3) is 0. The molecule has 70 valence electrons. The summed E-state index contributed by atoms with van der Waals surface area (Å²) in [5.41, 5.74) is 1.14. The summed E-state index contributed by atoms with van der Waals surface area (Å²) in [4.78, 5) is 21.5. The Kier molecular flexibility index (Phi) is 2.41. The van der Waals surface area contributed by atoms with Gasteiger partial charge in [-0.1, -0.05) is 6.07 Å². The van der Waals surface area contributed by atoms with E-state index in [1.54, 1.807) is 0 Å². The molecule has 0 unspecified atom stereocenters. The van der Waals surface area contributed by atoms with E-state index in [1.165, 1.54) is 12.4 Å². The fourth-order valence-corrected chi connectivity index (χ4v) is 1.38. The van der Waals surface area contributed by atoms with Crippen molar-refractivity contribution in [3.8, 4) is 11.4 Å². The molecule has 0 saturated heterocycles. The quantitative estimate of drug-likeness (QED) is 0.784. The molecule has 1 N–H and O–H groups in total. The van der Waals surface area contributed by atoms with Gasteiger partial charge >= 0.3 is 0 Å². The van der Waals surface area contributed by atoms with E-state index in [-0.39, 0.29) is 5.56 Å². The molecule has 2 aromatic heterocycles. The molecule has 0 aliphatic carbocycles. The van der Waals surface area contributed by atoms with E-state index in [4.69, 9.17) is 0 Å². The molecule has 2 aromatic rings. The van der Waals surface area contributed by atoms with E-state index in [1.807, 2.05) is 18.2 Å². The van der Waals surface area contributed by atoms with E-state index in [2.05, 4.69) is 30.9 Å². The normalized spacial score (nSPS) is 10.1. The first-order valence-electron chi connectivity index (χ1n) is 3.93. The summed E-state index contributed by atoms with van der Waals surface area (Å²) in [6.45, 7) is 0. The lowest BCUT2D eigenvalue weighted by molar-refractivity contribution is 1.12. The highest BCUT2D eigenvalue weighted by atomic mass is 79.9. The van der Waals surface area contributed by atoms with Gasteiger partial charge in [-0.15, -0.1) is 0 Å². The molecule has 0 radical (unpaired) electrons. The number of aromatic amines is 1. The van der Waals surface area contributed by atoms with Crippen molar-refractivity contribution in [2.45, 2.75) is 0 Å². The van der Waals surface area contributed by atoms with Gasteiger partial charge in [-0.2, -0.15) is 0 Å². The maximum absolute atomic E-state index is 10.8. The van der Waals surface area contributed by atoms with Crippen molar-refractivity contribution in [1.29, 1.82) is 0 Å². The van der Waals surface area contributed by atoms with Crippen molar-refractivity contribution in [3.63, 3.8) is 0 Å². The first kappa shape index (κ1) is 9.08. The Morgan fingerprint density at radius 3 is 2.79 bits per heavy atom. The van der Waals surface area contributed by atoms with Gasteiger partial charge in [-0.05, 0) is 28.1 Å². The topological polar surface area (TPSA) is 58.6 Å². The molecule has 0 aliphatic heterocycles. The smallest absolute Gasteiger partial charge is 0.266 e. The van der Waals surface area contributed by atoms with Gasteiger partial charge in [0.1, 0.15) is 10.3 Å². The molecular weight excluding hydrogens is 246 g/mol. The SMILES string of the molecule is O=c1cnc(-c2cccc(Br)n2)c[nH]1. The van der Waals surface area contributed by atoms with Crippen LogP contribution in [0.5, 0.6) is 0 Å². The van der Waals surface area contributed by atoms with Crippen LogP contribution in [-0.4, -0.2) is 15.0 Å². The number of pyridine rings is 1. The Morgan fingerprint density at radius 1 is 1.29 bits per heavy atom. The van der Waals surface area contributed by atoms with Gasteiger partial charge in [0.25, 0.3) is 5.56 Å². The van der Waals surface area contributed by atoms with E-state index in [0.717, 1.165) is 10.3 Å². The molecule has 0 spiro atoms. The zero-order valence-corrected chi connectivity index (χ0v) is 8.65. The predicted octanol–water partition coefficient (Wildman–Crippen LogP) is 1.59. The van der Waals surface area contributed by atoms with Crippen LogP contribution in [0, 0.1) is 0 Å². The molecule has 0 aliphatic rings. The third-order valence-corrected chi connectivity index (χ3v) is 2.09. The molecule has 2 heterocycles. The van der Waals surface area contributed by atoms with Crippen molar-refractivity contribution in [1.82, 2.24) is 15.0 Å². The molecule has 14 heavy (non-hydrogen) atoms. The van der Waals surface area contributed by atoms with Crippen LogP contribution in [0.25, 0.3) is 11.4 Å². The summed E-state index contributed by atoms with van der Waals surface area (Å²) < 4.78 is 0.739. The summed E-state index contributed by atoms with van der Waals surface area (Å²) >= 11 is 3.26. The molecule has 0 atom stereocenters. The van der Waals surface area contributed by atoms with Crippen LogP contribution in [0.4, 0.5) is 0 Å². The number of hydrogen-bond donors (Lipinski definition) is 1. The van der Waals surface area contributed by atoms with Crippen molar-refractivity contribution >= 4 is 15.9 Å². The second kappa shape index (κ2) is 3.71. The number of halogens is 1. The third-order valence-electron chi connectivity index (χ3n) is 1.65. The third kappa shape index (κ3) is 1.88. The highest BCUT2D eigenvalue weighted by Gasteiger charge is 2.00. The number of nitrogens with one attached hydrogen (secondary N) is 1. The van der Waals surface area contributed by atoms with E-state index < -0.39 is 0 Å². The van der Waals surface area contributed by atoms with Crippen LogP contribution in [0.2, 0.25) is 0 Å². The Labute approximate surface area is 88.2 Å². The Morgan fingerprint density at radius 2 is 2.14 bits per heavy atom. The maximum Gasteiger partial charge on any atom is 0.266 e. The molecule has 0 aromatic carbocycles. The van der Waals surface area contributed by atoms with Gasteiger partial charge in [0.2, 0.25) is 0 Å². The zero-order valence-electron chi connectivity index (χ0n) is 7.07. The van der Waals surface area contributed by atoms with Crippen molar-refractivity contribution in [3.05, 3.63) is 45.5 Å². The number of hydrogen-bond acceptors (Lipinski definition) is 3. The molecule has 0 amide bonds.